The predicted octanol–water partition coefficient (Wildman–Crippen LogP) is 2.20. The summed E-state index contributed by atoms with van der Waals surface area (Å²) in [4.78, 5) is 28.7. The first kappa shape index (κ1) is 20.9. The van der Waals surface area contributed by atoms with Crippen molar-refractivity contribution in [1.82, 2.24) is 19.6 Å². The number of nitrogens with two attached hydrogens (primary N) is 1. The zero-order valence-electron chi connectivity index (χ0n) is 17.4. The number of hydrogen-bond acceptors (Lipinski definition) is 5. The highest BCUT2D eigenvalue weighted by atomic mass is 16.6. The number of ether oxygens (including phenoxy) is 1. The Bertz CT molecular complexity index is 864. The van der Waals surface area contributed by atoms with Gasteiger partial charge in [-0.2, -0.15) is 5.10 Å². The molecule has 1 fully saturated rings. The van der Waals surface area contributed by atoms with Crippen LogP contribution in [0.3, 0.4) is 0 Å². The third-order valence-electron chi connectivity index (χ3n) is 5.17. The van der Waals surface area contributed by atoms with Crippen molar-refractivity contribution in [3.05, 3.63) is 42.1 Å². The number of benzene rings is 1. The fourth-order valence-corrected chi connectivity index (χ4v) is 3.38. The van der Waals surface area contributed by atoms with Crippen molar-refractivity contribution in [2.45, 2.75) is 39.8 Å². The van der Waals surface area contributed by atoms with Gasteiger partial charge in [-0.1, -0.05) is 32.0 Å². The lowest BCUT2D eigenvalue weighted by atomic mass is 10.0. The molecule has 1 aromatic carbocycles. The largest absolute Gasteiger partial charge is 0.416 e. The molecule has 8 heteroatoms. The Morgan fingerprint density at radius 1 is 1.21 bits per heavy atom. The third kappa shape index (κ3) is 4.59. The summed E-state index contributed by atoms with van der Waals surface area (Å²) in [6.07, 6.45) is -0.449. The van der Waals surface area contributed by atoms with Gasteiger partial charge in [0.15, 0.2) is 0 Å². The predicted molar refractivity (Wildman–Crippen MR) is 110 cm³/mol. The van der Waals surface area contributed by atoms with E-state index in [4.69, 9.17) is 10.5 Å². The Hall–Kier alpha value is -2.87. The molecule has 0 radical (unpaired) electrons. The second-order valence-electron chi connectivity index (χ2n) is 7.84. The first-order valence-electron chi connectivity index (χ1n) is 9.93. The van der Waals surface area contributed by atoms with Crippen molar-refractivity contribution in [2.75, 3.05) is 19.6 Å². The molecule has 2 heterocycles. The maximum Gasteiger partial charge on any atom is 0.416 e. The molecule has 0 aliphatic carbocycles. The van der Waals surface area contributed by atoms with Crippen molar-refractivity contribution in [3.63, 3.8) is 0 Å². The van der Waals surface area contributed by atoms with Crippen molar-refractivity contribution in [3.8, 4) is 11.6 Å². The quantitative estimate of drug-likeness (QED) is 0.851. The average molecular weight is 399 g/mol. The van der Waals surface area contributed by atoms with E-state index >= 15 is 0 Å². The van der Waals surface area contributed by atoms with Crippen molar-refractivity contribution >= 4 is 12.0 Å². The van der Waals surface area contributed by atoms with Crippen molar-refractivity contribution < 1.29 is 14.3 Å². The molecule has 156 valence electrons. The van der Waals surface area contributed by atoms with Gasteiger partial charge in [-0.05, 0) is 31.9 Å². The number of aromatic nitrogens is 2. The normalized spacial score (nSPS) is 18.1. The summed E-state index contributed by atoms with van der Waals surface area (Å²) in [6, 6.07) is 10.5. The molecular formula is C21H29N5O3. The molecule has 1 saturated heterocycles. The van der Waals surface area contributed by atoms with Crippen LogP contribution < -0.4 is 10.5 Å². The summed E-state index contributed by atoms with van der Waals surface area (Å²) in [5.41, 5.74) is 7.57. The van der Waals surface area contributed by atoms with E-state index < -0.39 is 12.1 Å². The van der Waals surface area contributed by atoms with Gasteiger partial charge in [-0.3, -0.25) is 4.79 Å². The number of piperazine rings is 1. The highest BCUT2D eigenvalue weighted by Gasteiger charge is 2.33. The van der Waals surface area contributed by atoms with Crippen LogP contribution >= 0.6 is 0 Å². The molecule has 29 heavy (non-hydrogen) atoms. The lowest BCUT2D eigenvalue weighted by molar-refractivity contribution is -0.136. The van der Waals surface area contributed by atoms with Gasteiger partial charge in [0.25, 0.3) is 0 Å². The van der Waals surface area contributed by atoms with Gasteiger partial charge >= 0.3 is 6.09 Å². The summed E-state index contributed by atoms with van der Waals surface area (Å²) in [5, 5.41) is 4.42. The minimum Gasteiger partial charge on any atom is -0.391 e. The molecule has 2 N–H and O–H groups in total. The topological polar surface area (TPSA) is 93.7 Å². The number of amides is 2. The smallest absolute Gasteiger partial charge is 0.391 e. The second kappa shape index (κ2) is 8.65. The van der Waals surface area contributed by atoms with E-state index in [2.05, 4.69) is 5.10 Å². The Balaban J connectivity index is 1.68. The highest BCUT2D eigenvalue weighted by molar-refractivity contribution is 5.82. The van der Waals surface area contributed by atoms with E-state index in [0.29, 0.717) is 25.5 Å². The summed E-state index contributed by atoms with van der Waals surface area (Å²) in [5.74, 6) is 0.367. The van der Waals surface area contributed by atoms with Gasteiger partial charge in [0.05, 0.1) is 17.4 Å². The SMILES string of the molecule is Cc1cc(OC(=O)N2CCN(C(=O)[C@@H](N)C(C)C)C[C@@H]2C)n(-c2ccccc2)n1. The van der Waals surface area contributed by atoms with E-state index in [1.54, 1.807) is 20.5 Å². The first-order chi connectivity index (χ1) is 13.8. The van der Waals surface area contributed by atoms with E-state index in [-0.39, 0.29) is 17.9 Å². The third-order valence-corrected chi connectivity index (χ3v) is 5.17. The number of carbonyl (C=O) groups excluding carboxylic acids is 2. The van der Waals surface area contributed by atoms with Crippen molar-refractivity contribution in [2.24, 2.45) is 11.7 Å². The zero-order chi connectivity index (χ0) is 21.1. The number of nitrogens with zero attached hydrogens (tertiary/aromatic N) is 4. The van der Waals surface area contributed by atoms with Crippen LogP contribution in [-0.4, -0.2) is 63.3 Å². The minimum absolute atomic E-state index is 0.0716. The molecule has 1 aliphatic rings. The molecule has 0 bridgehead atoms. The maximum absolute atomic E-state index is 12.8. The van der Waals surface area contributed by atoms with Gasteiger partial charge in [0.2, 0.25) is 11.8 Å². The molecule has 3 rings (SSSR count). The number of carbonyl (C=O) groups is 2. The Kier molecular flexibility index (Phi) is 6.22. The first-order valence-corrected chi connectivity index (χ1v) is 9.93. The number of aryl methyl sites for hydroxylation is 1. The summed E-state index contributed by atoms with van der Waals surface area (Å²) >= 11 is 0. The van der Waals surface area contributed by atoms with Gasteiger partial charge in [-0.25, -0.2) is 9.48 Å². The lowest BCUT2D eigenvalue weighted by Crippen LogP contribution is -2.59. The monoisotopic (exact) mass is 399 g/mol. The van der Waals surface area contributed by atoms with E-state index in [0.717, 1.165) is 11.4 Å². The fraction of sp³-hybridized carbons (Fsp3) is 0.476. The van der Waals surface area contributed by atoms with Crippen LogP contribution in [0.1, 0.15) is 26.5 Å². The van der Waals surface area contributed by atoms with Crippen LogP contribution in [0.25, 0.3) is 5.69 Å². The maximum atomic E-state index is 12.8. The number of para-hydroxylation sites is 1. The second-order valence-corrected chi connectivity index (χ2v) is 7.84. The van der Waals surface area contributed by atoms with Crippen LogP contribution in [0, 0.1) is 12.8 Å². The standard InChI is InChI=1S/C21H29N5O3/c1-14(2)19(22)20(27)24-10-11-25(16(4)13-24)21(28)29-18-12-15(3)23-26(18)17-8-6-5-7-9-17/h5-9,12,14,16,19H,10-11,13,22H2,1-4H3/t16-,19-/m0/s1. The minimum atomic E-state index is -0.524. The molecular weight excluding hydrogens is 370 g/mol. The fourth-order valence-electron chi connectivity index (χ4n) is 3.38. The van der Waals surface area contributed by atoms with Gasteiger partial charge in [0.1, 0.15) is 0 Å². The van der Waals surface area contributed by atoms with Crippen LogP contribution in [0.5, 0.6) is 5.88 Å². The van der Waals surface area contributed by atoms with E-state index in [1.807, 2.05) is 58.0 Å². The molecule has 2 atom stereocenters. The van der Waals surface area contributed by atoms with Gasteiger partial charge < -0.3 is 20.3 Å². The Labute approximate surface area is 171 Å². The van der Waals surface area contributed by atoms with Crippen LogP contribution in [0.15, 0.2) is 36.4 Å². The molecule has 8 nitrogen and oxygen atoms in total. The summed E-state index contributed by atoms with van der Waals surface area (Å²) in [6.45, 7) is 8.88. The zero-order valence-corrected chi connectivity index (χ0v) is 17.4. The van der Waals surface area contributed by atoms with Crippen molar-refractivity contribution in [1.29, 1.82) is 0 Å². The molecule has 0 unspecified atom stereocenters. The molecule has 2 aromatic rings. The number of rotatable bonds is 4. The van der Waals surface area contributed by atoms with Crippen LogP contribution in [0.4, 0.5) is 4.79 Å². The molecule has 0 spiro atoms. The lowest BCUT2D eigenvalue weighted by Gasteiger charge is -2.40. The number of hydrogen-bond donors (Lipinski definition) is 1. The van der Waals surface area contributed by atoms with Crippen LogP contribution in [0.2, 0.25) is 0 Å². The van der Waals surface area contributed by atoms with Gasteiger partial charge in [0, 0.05) is 31.7 Å². The molecule has 2 amide bonds. The van der Waals surface area contributed by atoms with Gasteiger partial charge in [-0.15, -0.1) is 0 Å². The molecule has 1 aromatic heterocycles. The highest BCUT2D eigenvalue weighted by Crippen LogP contribution is 2.21. The summed E-state index contributed by atoms with van der Waals surface area (Å²) < 4.78 is 7.28. The van der Waals surface area contributed by atoms with Crippen LogP contribution in [-0.2, 0) is 4.79 Å². The van der Waals surface area contributed by atoms with E-state index in [1.165, 1.54) is 0 Å². The Morgan fingerprint density at radius 2 is 1.90 bits per heavy atom. The molecule has 0 saturated carbocycles. The Morgan fingerprint density at radius 3 is 2.52 bits per heavy atom. The average Bonchev–Trinajstić information content (AvgIpc) is 3.07. The molecule has 1 aliphatic heterocycles. The summed E-state index contributed by atoms with van der Waals surface area (Å²) in [7, 11) is 0. The van der Waals surface area contributed by atoms with E-state index in [9.17, 15) is 9.59 Å².